The highest BCUT2D eigenvalue weighted by molar-refractivity contribution is 6.30. The van der Waals surface area contributed by atoms with Crippen molar-refractivity contribution in [1.29, 1.82) is 0 Å². The Labute approximate surface area is 130 Å². The van der Waals surface area contributed by atoms with Gasteiger partial charge in [0, 0.05) is 12.5 Å². The van der Waals surface area contributed by atoms with Crippen molar-refractivity contribution in [3.8, 4) is 5.75 Å². The van der Waals surface area contributed by atoms with Gasteiger partial charge in [-0.1, -0.05) is 50.6 Å². The highest BCUT2D eigenvalue weighted by atomic mass is 35.5. The fourth-order valence-electron chi connectivity index (χ4n) is 2.97. The summed E-state index contributed by atoms with van der Waals surface area (Å²) in [5.41, 5.74) is 0. The fraction of sp³-hybridized carbons (Fsp3) is 0.588. The summed E-state index contributed by atoms with van der Waals surface area (Å²) in [6, 6.07) is 4.05. The molecule has 0 atom stereocenters. The number of benzene rings is 1. The molecule has 0 unspecified atom stereocenters. The van der Waals surface area contributed by atoms with Crippen molar-refractivity contribution >= 4 is 17.6 Å². The number of rotatable bonds is 5. The van der Waals surface area contributed by atoms with Gasteiger partial charge in [0.1, 0.15) is 11.6 Å². The molecule has 0 amide bonds. The Bertz CT molecular complexity index is 482. The minimum Gasteiger partial charge on any atom is -0.426 e. The van der Waals surface area contributed by atoms with Crippen molar-refractivity contribution in [2.45, 2.75) is 51.9 Å². The second-order valence-corrected chi connectivity index (χ2v) is 6.29. The first kappa shape index (κ1) is 16.3. The van der Waals surface area contributed by atoms with Crippen molar-refractivity contribution in [3.63, 3.8) is 0 Å². The maximum atomic E-state index is 13.3. The summed E-state index contributed by atoms with van der Waals surface area (Å²) in [5.74, 6) is 0.846. The van der Waals surface area contributed by atoms with Crippen LogP contribution >= 0.6 is 11.6 Å². The molecule has 0 aromatic heterocycles. The van der Waals surface area contributed by atoms with Gasteiger partial charge in [0.2, 0.25) is 0 Å². The van der Waals surface area contributed by atoms with Crippen LogP contribution in [0.4, 0.5) is 4.39 Å². The molecule has 0 N–H and O–H groups in total. The van der Waals surface area contributed by atoms with Crippen LogP contribution in [-0.2, 0) is 4.79 Å². The summed E-state index contributed by atoms with van der Waals surface area (Å²) in [5, 5.41) is 0.0301. The van der Waals surface area contributed by atoms with Crippen LogP contribution in [0.25, 0.3) is 0 Å². The molecule has 4 heteroatoms. The first-order chi connectivity index (χ1) is 10.1. The van der Waals surface area contributed by atoms with E-state index < -0.39 is 5.82 Å². The summed E-state index contributed by atoms with van der Waals surface area (Å²) >= 11 is 5.59. The first-order valence-electron chi connectivity index (χ1n) is 7.74. The van der Waals surface area contributed by atoms with Crippen LogP contribution in [0.15, 0.2) is 18.2 Å². The van der Waals surface area contributed by atoms with Gasteiger partial charge in [-0.15, -0.1) is 0 Å². The average Bonchev–Trinajstić information content (AvgIpc) is 2.49. The Balaban J connectivity index is 1.73. The zero-order valence-corrected chi connectivity index (χ0v) is 13.2. The molecule has 1 aromatic rings. The van der Waals surface area contributed by atoms with Gasteiger partial charge in [0.05, 0.1) is 5.02 Å². The van der Waals surface area contributed by atoms with E-state index in [0.29, 0.717) is 12.3 Å². The average molecular weight is 313 g/mol. The maximum absolute atomic E-state index is 13.3. The van der Waals surface area contributed by atoms with Gasteiger partial charge in [0.25, 0.3) is 0 Å². The SMILES string of the molecule is CC[C@H]1CC[C@H](CCC(=O)Oc2ccc(Cl)c(F)c2)CC1. The van der Waals surface area contributed by atoms with E-state index in [-0.39, 0.29) is 16.7 Å². The number of ether oxygens (including phenoxy) is 1. The molecule has 1 aliphatic rings. The summed E-state index contributed by atoms with van der Waals surface area (Å²) in [6.07, 6.45) is 7.49. The Morgan fingerprint density at radius 2 is 1.95 bits per heavy atom. The summed E-state index contributed by atoms with van der Waals surface area (Å²) in [7, 11) is 0. The summed E-state index contributed by atoms with van der Waals surface area (Å²) in [4.78, 5) is 11.8. The first-order valence-corrected chi connectivity index (χ1v) is 8.12. The van der Waals surface area contributed by atoms with E-state index in [1.54, 1.807) is 0 Å². The molecular formula is C17H22ClFO2. The second kappa shape index (κ2) is 7.79. The van der Waals surface area contributed by atoms with Gasteiger partial charge < -0.3 is 4.74 Å². The van der Waals surface area contributed by atoms with E-state index in [2.05, 4.69) is 6.92 Å². The number of carbonyl (C=O) groups excluding carboxylic acids is 1. The lowest BCUT2D eigenvalue weighted by Crippen LogP contribution is -2.16. The van der Waals surface area contributed by atoms with E-state index in [0.717, 1.165) is 18.4 Å². The Kier molecular flexibility index (Phi) is 6.04. The monoisotopic (exact) mass is 312 g/mol. The molecule has 0 bridgehead atoms. The van der Waals surface area contributed by atoms with Gasteiger partial charge in [-0.25, -0.2) is 4.39 Å². The number of hydrogen-bond donors (Lipinski definition) is 0. The van der Waals surface area contributed by atoms with Crippen molar-refractivity contribution in [2.75, 3.05) is 0 Å². The summed E-state index contributed by atoms with van der Waals surface area (Å²) in [6.45, 7) is 2.24. The number of halogens is 2. The molecule has 21 heavy (non-hydrogen) atoms. The lowest BCUT2D eigenvalue weighted by molar-refractivity contribution is -0.134. The third kappa shape index (κ3) is 4.99. The molecule has 116 valence electrons. The van der Waals surface area contributed by atoms with Gasteiger partial charge in [-0.2, -0.15) is 0 Å². The third-order valence-corrected chi connectivity index (χ3v) is 4.73. The zero-order valence-electron chi connectivity index (χ0n) is 12.4. The fourth-order valence-corrected chi connectivity index (χ4v) is 3.09. The van der Waals surface area contributed by atoms with Crippen LogP contribution in [0.2, 0.25) is 5.02 Å². The topological polar surface area (TPSA) is 26.3 Å². The van der Waals surface area contributed by atoms with Gasteiger partial charge >= 0.3 is 5.97 Å². The zero-order chi connectivity index (χ0) is 15.2. The van der Waals surface area contributed by atoms with Gasteiger partial charge in [-0.3, -0.25) is 4.79 Å². The standard InChI is InChI=1S/C17H22ClFO2/c1-2-12-3-5-13(6-4-12)7-10-17(20)21-14-8-9-15(18)16(19)11-14/h8-9,11-13H,2-7,10H2,1H3/t12-,13-. The van der Waals surface area contributed by atoms with E-state index in [1.807, 2.05) is 0 Å². The molecule has 0 spiro atoms. The van der Waals surface area contributed by atoms with Crippen molar-refractivity contribution in [3.05, 3.63) is 29.0 Å². The third-order valence-electron chi connectivity index (χ3n) is 4.42. The Morgan fingerprint density at radius 3 is 2.57 bits per heavy atom. The predicted octanol–water partition coefficient (Wildman–Crippen LogP) is 5.38. The highest BCUT2D eigenvalue weighted by Gasteiger charge is 2.20. The number of esters is 1. The van der Waals surface area contributed by atoms with Crippen molar-refractivity contribution in [2.24, 2.45) is 11.8 Å². The van der Waals surface area contributed by atoms with Gasteiger partial charge in [-0.05, 0) is 30.4 Å². The predicted molar refractivity (Wildman–Crippen MR) is 82.0 cm³/mol. The maximum Gasteiger partial charge on any atom is 0.311 e. The number of carbonyl (C=O) groups is 1. The molecule has 2 nitrogen and oxygen atoms in total. The largest absolute Gasteiger partial charge is 0.426 e. The molecule has 2 rings (SSSR count). The van der Waals surface area contributed by atoms with Crippen LogP contribution in [0.3, 0.4) is 0 Å². The normalized spacial score (nSPS) is 22.0. The lowest BCUT2D eigenvalue weighted by atomic mass is 9.79. The van der Waals surface area contributed by atoms with Crippen LogP contribution in [0, 0.1) is 17.7 Å². The minimum absolute atomic E-state index is 0.0301. The molecule has 0 saturated heterocycles. The molecule has 0 aliphatic heterocycles. The second-order valence-electron chi connectivity index (χ2n) is 5.88. The van der Waals surface area contributed by atoms with Gasteiger partial charge in [0.15, 0.2) is 0 Å². The molecule has 0 radical (unpaired) electrons. The molecule has 1 aliphatic carbocycles. The quantitative estimate of drug-likeness (QED) is 0.539. The molecule has 1 saturated carbocycles. The number of hydrogen-bond acceptors (Lipinski definition) is 2. The van der Waals surface area contributed by atoms with E-state index in [4.69, 9.17) is 16.3 Å². The van der Waals surface area contributed by atoms with Crippen LogP contribution in [0.5, 0.6) is 5.75 Å². The Morgan fingerprint density at radius 1 is 1.29 bits per heavy atom. The van der Waals surface area contributed by atoms with E-state index in [9.17, 15) is 9.18 Å². The molecular weight excluding hydrogens is 291 g/mol. The molecule has 1 fully saturated rings. The van der Waals surface area contributed by atoms with Crippen LogP contribution in [0.1, 0.15) is 51.9 Å². The molecule has 0 heterocycles. The van der Waals surface area contributed by atoms with Crippen molar-refractivity contribution in [1.82, 2.24) is 0 Å². The van der Waals surface area contributed by atoms with Crippen molar-refractivity contribution < 1.29 is 13.9 Å². The van der Waals surface area contributed by atoms with Crippen LogP contribution in [-0.4, -0.2) is 5.97 Å². The molecule has 1 aromatic carbocycles. The lowest BCUT2D eigenvalue weighted by Gasteiger charge is -2.27. The minimum atomic E-state index is -0.570. The Hall–Kier alpha value is -1.09. The smallest absolute Gasteiger partial charge is 0.311 e. The van der Waals surface area contributed by atoms with Crippen LogP contribution < -0.4 is 4.74 Å². The van der Waals surface area contributed by atoms with E-state index in [1.165, 1.54) is 44.2 Å². The van der Waals surface area contributed by atoms with E-state index >= 15 is 0 Å². The summed E-state index contributed by atoms with van der Waals surface area (Å²) < 4.78 is 18.4. The highest BCUT2D eigenvalue weighted by Crippen LogP contribution is 2.33.